The quantitative estimate of drug-likeness (QED) is 0.690. The Morgan fingerprint density at radius 1 is 1.06 bits per heavy atom. The molecule has 0 amide bonds. The van der Waals surface area contributed by atoms with E-state index in [9.17, 15) is 0 Å². The Labute approximate surface area is 94.9 Å². The first-order chi connectivity index (χ1) is 7.75. The predicted molar refractivity (Wildman–Crippen MR) is 64.1 cm³/mol. The minimum atomic E-state index is 0.746. The van der Waals surface area contributed by atoms with Crippen molar-refractivity contribution in [1.82, 2.24) is 4.98 Å². The lowest BCUT2D eigenvalue weighted by Gasteiger charge is -1.96. The van der Waals surface area contributed by atoms with E-state index in [-0.39, 0.29) is 0 Å². The number of hydrogen-bond donors (Lipinski definition) is 0. The van der Waals surface area contributed by atoms with Crippen LogP contribution in [-0.2, 0) is 0 Å². The zero-order valence-electron chi connectivity index (χ0n) is 9.09. The second-order valence-electron chi connectivity index (χ2n) is 3.54. The summed E-state index contributed by atoms with van der Waals surface area (Å²) in [5.41, 5.74) is 3.57. The number of benzene rings is 1. The average molecular weight is 210 g/mol. The lowest BCUT2D eigenvalue weighted by molar-refractivity contribution is 1.19. The SMILES string of the molecule is [CH2]c1cnccc1N=Nc1ccc(C)cc1. The Morgan fingerprint density at radius 3 is 2.50 bits per heavy atom. The van der Waals surface area contributed by atoms with Gasteiger partial charge in [0.15, 0.2) is 0 Å². The fraction of sp³-hybridized carbons (Fsp3) is 0.0769. The van der Waals surface area contributed by atoms with Gasteiger partial charge in [0.25, 0.3) is 0 Å². The maximum Gasteiger partial charge on any atom is 0.0919 e. The Kier molecular flexibility index (Phi) is 3.05. The van der Waals surface area contributed by atoms with Crippen molar-refractivity contribution >= 4 is 11.4 Å². The van der Waals surface area contributed by atoms with Gasteiger partial charge in [-0.2, -0.15) is 10.2 Å². The standard InChI is InChI=1S/C13H12N3/c1-10-3-5-12(6-4-10)15-16-13-7-8-14-9-11(13)2/h3-9H,2H2,1H3. The van der Waals surface area contributed by atoms with Crippen LogP contribution < -0.4 is 0 Å². The molecule has 0 unspecified atom stereocenters. The molecule has 0 aliphatic rings. The Morgan fingerprint density at radius 2 is 1.81 bits per heavy atom. The van der Waals surface area contributed by atoms with E-state index < -0.39 is 0 Å². The molecule has 0 atom stereocenters. The summed E-state index contributed by atoms with van der Waals surface area (Å²) in [7, 11) is 0. The summed E-state index contributed by atoms with van der Waals surface area (Å²) in [6.45, 7) is 5.87. The van der Waals surface area contributed by atoms with Crippen LogP contribution in [0.1, 0.15) is 11.1 Å². The van der Waals surface area contributed by atoms with Gasteiger partial charge >= 0.3 is 0 Å². The van der Waals surface area contributed by atoms with Gasteiger partial charge in [0, 0.05) is 12.4 Å². The van der Waals surface area contributed by atoms with Gasteiger partial charge in [0.1, 0.15) is 0 Å². The van der Waals surface area contributed by atoms with Crippen molar-refractivity contribution in [1.29, 1.82) is 0 Å². The topological polar surface area (TPSA) is 37.6 Å². The molecule has 0 bridgehead atoms. The smallest absolute Gasteiger partial charge is 0.0919 e. The third kappa shape index (κ3) is 2.51. The van der Waals surface area contributed by atoms with Crippen LogP contribution in [-0.4, -0.2) is 4.98 Å². The van der Waals surface area contributed by atoms with Crippen molar-refractivity contribution in [2.75, 3.05) is 0 Å². The molecule has 0 N–H and O–H groups in total. The van der Waals surface area contributed by atoms with E-state index in [2.05, 4.69) is 22.1 Å². The van der Waals surface area contributed by atoms with Crippen LogP contribution in [0.15, 0.2) is 53.0 Å². The minimum Gasteiger partial charge on any atom is -0.264 e. The summed E-state index contributed by atoms with van der Waals surface area (Å²) in [6, 6.07) is 9.67. The van der Waals surface area contributed by atoms with Gasteiger partial charge in [-0.25, -0.2) is 0 Å². The molecule has 0 fully saturated rings. The molecule has 1 aromatic carbocycles. The molecule has 1 aromatic heterocycles. The molecule has 3 heteroatoms. The second-order valence-corrected chi connectivity index (χ2v) is 3.54. The highest BCUT2D eigenvalue weighted by atomic mass is 15.1. The van der Waals surface area contributed by atoms with E-state index in [1.54, 1.807) is 18.5 Å². The van der Waals surface area contributed by atoms with Gasteiger partial charge in [-0.3, -0.25) is 4.98 Å². The summed E-state index contributed by atoms with van der Waals surface area (Å²) in [6.07, 6.45) is 3.35. The Bertz CT molecular complexity index is 501. The molecular formula is C13H12N3. The molecule has 16 heavy (non-hydrogen) atoms. The maximum absolute atomic E-state index is 4.14. The van der Waals surface area contributed by atoms with Crippen molar-refractivity contribution in [3.8, 4) is 0 Å². The van der Waals surface area contributed by atoms with Gasteiger partial charge in [0.2, 0.25) is 0 Å². The summed E-state index contributed by atoms with van der Waals surface area (Å²) in [5.74, 6) is 0. The number of nitrogens with zero attached hydrogens (tertiary/aromatic N) is 3. The Hall–Kier alpha value is -2.03. The van der Waals surface area contributed by atoms with Crippen molar-refractivity contribution in [3.05, 3.63) is 60.8 Å². The summed E-state index contributed by atoms with van der Waals surface area (Å²) in [5, 5.41) is 8.26. The lowest BCUT2D eigenvalue weighted by atomic mass is 10.2. The molecule has 0 saturated heterocycles. The van der Waals surface area contributed by atoms with Gasteiger partial charge in [-0.15, -0.1) is 0 Å². The molecule has 79 valence electrons. The molecule has 2 rings (SSSR count). The molecular weight excluding hydrogens is 198 g/mol. The highest BCUT2D eigenvalue weighted by Crippen LogP contribution is 2.20. The van der Waals surface area contributed by atoms with E-state index in [4.69, 9.17) is 0 Å². The van der Waals surface area contributed by atoms with Crippen LogP contribution in [0.5, 0.6) is 0 Å². The van der Waals surface area contributed by atoms with E-state index >= 15 is 0 Å². The first-order valence-electron chi connectivity index (χ1n) is 5.00. The zero-order chi connectivity index (χ0) is 11.4. The van der Waals surface area contributed by atoms with Crippen LogP contribution in [0.25, 0.3) is 0 Å². The van der Waals surface area contributed by atoms with Crippen molar-refractivity contribution in [3.63, 3.8) is 0 Å². The van der Waals surface area contributed by atoms with Crippen LogP contribution in [0.3, 0.4) is 0 Å². The maximum atomic E-state index is 4.14. The molecule has 1 radical (unpaired) electrons. The molecule has 0 aliphatic carbocycles. The van der Waals surface area contributed by atoms with Crippen molar-refractivity contribution < 1.29 is 0 Å². The van der Waals surface area contributed by atoms with E-state index in [0.29, 0.717) is 0 Å². The number of rotatable bonds is 2. The lowest BCUT2D eigenvalue weighted by Crippen LogP contribution is -1.75. The molecule has 1 heterocycles. The average Bonchev–Trinajstić information content (AvgIpc) is 2.30. The van der Waals surface area contributed by atoms with Crippen molar-refractivity contribution in [2.45, 2.75) is 6.92 Å². The number of aromatic nitrogens is 1. The number of azo groups is 1. The van der Waals surface area contributed by atoms with Gasteiger partial charge in [-0.05, 0) is 37.6 Å². The fourth-order valence-corrected chi connectivity index (χ4v) is 1.24. The third-order valence-electron chi connectivity index (χ3n) is 2.19. The predicted octanol–water partition coefficient (Wildman–Crippen LogP) is 3.99. The first-order valence-corrected chi connectivity index (χ1v) is 5.00. The normalized spacial score (nSPS) is 10.9. The summed E-state index contributed by atoms with van der Waals surface area (Å²) in [4.78, 5) is 3.95. The third-order valence-corrected chi connectivity index (χ3v) is 2.19. The van der Waals surface area contributed by atoms with Gasteiger partial charge < -0.3 is 0 Å². The monoisotopic (exact) mass is 210 g/mol. The van der Waals surface area contributed by atoms with Crippen LogP contribution in [0.2, 0.25) is 0 Å². The molecule has 0 spiro atoms. The minimum absolute atomic E-state index is 0.746. The number of hydrogen-bond acceptors (Lipinski definition) is 3. The fourth-order valence-electron chi connectivity index (χ4n) is 1.24. The van der Waals surface area contributed by atoms with E-state index in [1.807, 2.05) is 31.2 Å². The number of aryl methyl sites for hydroxylation is 1. The molecule has 2 aromatic rings. The van der Waals surface area contributed by atoms with Crippen molar-refractivity contribution in [2.24, 2.45) is 10.2 Å². The second kappa shape index (κ2) is 4.66. The Balaban J connectivity index is 2.21. The van der Waals surface area contributed by atoms with E-state index in [1.165, 1.54) is 5.56 Å². The molecule has 3 nitrogen and oxygen atoms in total. The molecule has 0 saturated carbocycles. The zero-order valence-corrected chi connectivity index (χ0v) is 9.09. The van der Waals surface area contributed by atoms with Gasteiger partial charge in [-0.1, -0.05) is 17.7 Å². The highest BCUT2D eigenvalue weighted by Gasteiger charge is 1.94. The number of pyridine rings is 1. The first kappa shape index (κ1) is 10.5. The summed E-state index contributed by atoms with van der Waals surface area (Å²) >= 11 is 0. The largest absolute Gasteiger partial charge is 0.264 e. The molecule has 0 aliphatic heterocycles. The van der Waals surface area contributed by atoms with Gasteiger partial charge in [0.05, 0.1) is 11.4 Å². The van der Waals surface area contributed by atoms with Crippen LogP contribution in [0.4, 0.5) is 11.4 Å². The highest BCUT2D eigenvalue weighted by molar-refractivity contribution is 5.46. The van der Waals surface area contributed by atoms with Crippen LogP contribution >= 0.6 is 0 Å². The summed E-state index contributed by atoms with van der Waals surface area (Å²) < 4.78 is 0. The van der Waals surface area contributed by atoms with E-state index in [0.717, 1.165) is 16.9 Å². The van der Waals surface area contributed by atoms with Crippen LogP contribution in [0, 0.1) is 13.8 Å².